The molecule has 7 nitrogen and oxygen atoms in total. The minimum Gasteiger partial charge on any atom is -0.392 e. The SMILES string of the molecule is C[C@H]([C@@H](O)c1ccccc1)N(C)C[C@@H]1C[C@H](c2ccc(CO)cc2)O[C@H](c2ccc(CNC(=O)C(Cl)(Cl)Cl)cc2)O1. The standard InChI is InChI=1S/C31H35Cl3N2O5/c1-20(28(38)24-6-4-3-5-7-24)36(2)18-26-16-27(23-12-10-22(19-37)11-13-23)41-29(40-26)25-14-8-21(9-15-25)17-35-30(39)31(32,33)34/h3-15,20,26-29,37-38H,16-19H2,1-2H3,(H,35,39)/t20-,26+,27-,28-,29-/m1/s1. The average Bonchev–Trinajstić information content (AvgIpc) is 2.99. The van der Waals surface area contributed by atoms with E-state index in [1.165, 1.54) is 0 Å². The van der Waals surface area contributed by atoms with Crippen molar-refractivity contribution in [2.45, 2.75) is 60.9 Å². The molecule has 220 valence electrons. The third kappa shape index (κ3) is 8.66. The van der Waals surface area contributed by atoms with E-state index in [1.807, 2.05) is 92.8 Å². The van der Waals surface area contributed by atoms with E-state index in [9.17, 15) is 15.0 Å². The number of aliphatic hydroxyl groups is 2. The summed E-state index contributed by atoms with van der Waals surface area (Å²) in [5.74, 6) is -0.695. The summed E-state index contributed by atoms with van der Waals surface area (Å²) >= 11 is 16.9. The Morgan fingerprint density at radius 2 is 1.59 bits per heavy atom. The number of alkyl halides is 3. The van der Waals surface area contributed by atoms with Crippen LogP contribution in [0.1, 0.15) is 59.7 Å². The zero-order valence-electron chi connectivity index (χ0n) is 22.9. The molecule has 3 aromatic carbocycles. The Kier molecular flexibility index (Phi) is 11.1. The second-order valence-electron chi connectivity index (χ2n) is 10.3. The van der Waals surface area contributed by atoms with Crippen LogP contribution in [0.3, 0.4) is 0 Å². The van der Waals surface area contributed by atoms with Gasteiger partial charge < -0.3 is 25.0 Å². The highest BCUT2D eigenvalue weighted by Crippen LogP contribution is 2.38. The molecule has 41 heavy (non-hydrogen) atoms. The molecule has 0 aliphatic carbocycles. The highest BCUT2D eigenvalue weighted by atomic mass is 35.6. The molecule has 1 aliphatic rings. The lowest BCUT2D eigenvalue weighted by Crippen LogP contribution is -2.43. The molecule has 1 aliphatic heterocycles. The maximum atomic E-state index is 11.9. The van der Waals surface area contributed by atoms with E-state index in [-0.39, 0.29) is 31.4 Å². The van der Waals surface area contributed by atoms with E-state index in [0.29, 0.717) is 13.0 Å². The molecule has 3 aromatic rings. The molecule has 1 amide bonds. The molecular weight excluding hydrogens is 587 g/mol. The summed E-state index contributed by atoms with van der Waals surface area (Å²) in [6.07, 6.45) is -1.08. The van der Waals surface area contributed by atoms with E-state index in [2.05, 4.69) is 10.2 Å². The van der Waals surface area contributed by atoms with Gasteiger partial charge in [0.25, 0.3) is 9.70 Å². The number of aliphatic hydroxyl groups excluding tert-OH is 2. The molecule has 0 unspecified atom stereocenters. The van der Waals surface area contributed by atoms with Crippen LogP contribution in [0, 0.1) is 0 Å². The number of hydrogen-bond donors (Lipinski definition) is 3. The fourth-order valence-corrected chi connectivity index (χ4v) is 4.97. The minimum atomic E-state index is -2.02. The van der Waals surface area contributed by atoms with E-state index in [0.717, 1.165) is 27.8 Å². The van der Waals surface area contributed by atoms with Crippen LogP contribution in [-0.2, 0) is 27.4 Å². The fourth-order valence-electron chi connectivity index (χ4n) is 4.77. The number of nitrogens with zero attached hydrogens (tertiary/aromatic N) is 1. The normalized spacial score (nSPS) is 20.9. The summed E-state index contributed by atoms with van der Waals surface area (Å²) in [5, 5.41) is 23.0. The molecule has 5 atom stereocenters. The largest absolute Gasteiger partial charge is 0.392 e. The van der Waals surface area contributed by atoms with E-state index < -0.39 is 22.1 Å². The van der Waals surface area contributed by atoms with E-state index in [4.69, 9.17) is 44.3 Å². The van der Waals surface area contributed by atoms with Crippen molar-refractivity contribution in [3.8, 4) is 0 Å². The first-order chi connectivity index (χ1) is 19.5. The van der Waals surface area contributed by atoms with Crippen molar-refractivity contribution in [2.75, 3.05) is 13.6 Å². The molecule has 1 heterocycles. The number of ether oxygens (including phenoxy) is 2. The van der Waals surface area contributed by atoms with Crippen molar-refractivity contribution in [1.82, 2.24) is 10.2 Å². The number of nitrogens with one attached hydrogen (secondary N) is 1. The Morgan fingerprint density at radius 3 is 2.20 bits per heavy atom. The number of carbonyl (C=O) groups excluding carboxylic acids is 1. The van der Waals surface area contributed by atoms with Crippen LogP contribution in [0.2, 0.25) is 0 Å². The van der Waals surface area contributed by atoms with Gasteiger partial charge in [0.1, 0.15) is 0 Å². The lowest BCUT2D eigenvalue weighted by molar-refractivity contribution is -0.253. The second-order valence-corrected chi connectivity index (χ2v) is 12.6. The lowest BCUT2D eigenvalue weighted by Gasteiger charge is -2.39. The zero-order chi connectivity index (χ0) is 29.6. The summed E-state index contributed by atoms with van der Waals surface area (Å²) in [7, 11) is 1.98. The van der Waals surface area contributed by atoms with Gasteiger partial charge in [-0.25, -0.2) is 0 Å². The van der Waals surface area contributed by atoms with Crippen molar-refractivity contribution in [3.63, 3.8) is 0 Å². The maximum Gasteiger partial charge on any atom is 0.272 e. The van der Waals surface area contributed by atoms with Gasteiger partial charge in [0.15, 0.2) is 6.29 Å². The van der Waals surface area contributed by atoms with Gasteiger partial charge in [0, 0.05) is 31.1 Å². The van der Waals surface area contributed by atoms with Gasteiger partial charge >= 0.3 is 0 Å². The van der Waals surface area contributed by atoms with Gasteiger partial charge in [-0.15, -0.1) is 0 Å². The maximum absolute atomic E-state index is 11.9. The van der Waals surface area contributed by atoms with Crippen LogP contribution >= 0.6 is 34.8 Å². The summed E-state index contributed by atoms with van der Waals surface area (Å²) in [4.78, 5) is 14.0. The van der Waals surface area contributed by atoms with Gasteiger partial charge in [-0.1, -0.05) is 114 Å². The Morgan fingerprint density at radius 1 is 0.976 bits per heavy atom. The van der Waals surface area contributed by atoms with Crippen LogP contribution in [0.15, 0.2) is 78.9 Å². The van der Waals surface area contributed by atoms with E-state index in [1.54, 1.807) is 0 Å². The Labute approximate surface area is 255 Å². The van der Waals surface area contributed by atoms with Crippen LogP contribution in [-0.4, -0.2) is 50.6 Å². The summed E-state index contributed by atoms with van der Waals surface area (Å²) in [6, 6.07) is 24.7. The van der Waals surface area contributed by atoms with Gasteiger partial charge in [-0.05, 0) is 36.2 Å². The van der Waals surface area contributed by atoms with Crippen molar-refractivity contribution in [2.24, 2.45) is 0 Å². The molecule has 0 bridgehead atoms. The first-order valence-corrected chi connectivity index (χ1v) is 14.6. The predicted octanol–water partition coefficient (Wildman–Crippen LogP) is 5.76. The van der Waals surface area contributed by atoms with Gasteiger partial charge in [-0.2, -0.15) is 0 Å². The summed E-state index contributed by atoms with van der Waals surface area (Å²) < 4.78 is 10.9. The van der Waals surface area contributed by atoms with Crippen molar-refractivity contribution >= 4 is 40.7 Å². The lowest BCUT2D eigenvalue weighted by atomic mass is 9.98. The average molecular weight is 622 g/mol. The summed E-state index contributed by atoms with van der Waals surface area (Å²) in [5.41, 5.74) is 4.33. The third-order valence-corrected chi connectivity index (χ3v) is 7.88. The number of likely N-dealkylation sites (N-methyl/N-ethyl adjacent to an activating group) is 1. The van der Waals surface area contributed by atoms with Crippen LogP contribution in [0.5, 0.6) is 0 Å². The molecule has 10 heteroatoms. The van der Waals surface area contributed by atoms with Gasteiger partial charge in [0.05, 0.1) is 24.9 Å². The molecule has 0 saturated carbocycles. The molecule has 1 saturated heterocycles. The number of halogens is 3. The molecule has 0 spiro atoms. The Bertz CT molecular complexity index is 1260. The molecule has 1 fully saturated rings. The fraction of sp³-hybridized carbons (Fsp3) is 0.387. The quantitative estimate of drug-likeness (QED) is 0.249. The molecule has 0 aromatic heterocycles. The third-order valence-electron chi connectivity index (χ3n) is 7.36. The van der Waals surface area contributed by atoms with Crippen molar-refractivity contribution in [3.05, 3.63) is 107 Å². The predicted molar refractivity (Wildman–Crippen MR) is 160 cm³/mol. The molecular formula is C31H35Cl3N2O5. The van der Waals surface area contributed by atoms with Gasteiger partial charge in [0.2, 0.25) is 0 Å². The first kappa shape index (κ1) is 31.7. The van der Waals surface area contributed by atoms with E-state index >= 15 is 0 Å². The van der Waals surface area contributed by atoms with Crippen molar-refractivity contribution in [1.29, 1.82) is 0 Å². The first-order valence-electron chi connectivity index (χ1n) is 13.4. The number of carbonyl (C=O) groups is 1. The monoisotopic (exact) mass is 620 g/mol. The highest BCUT2D eigenvalue weighted by molar-refractivity contribution is 6.76. The van der Waals surface area contributed by atoms with Gasteiger partial charge in [-0.3, -0.25) is 9.69 Å². The second kappa shape index (κ2) is 14.3. The van der Waals surface area contributed by atoms with Crippen LogP contribution in [0.25, 0.3) is 0 Å². The zero-order valence-corrected chi connectivity index (χ0v) is 25.2. The summed E-state index contributed by atoms with van der Waals surface area (Å²) in [6.45, 7) is 2.76. The van der Waals surface area contributed by atoms with Crippen molar-refractivity contribution < 1.29 is 24.5 Å². The Balaban J connectivity index is 1.49. The topological polar surface area (TPSA) is 91.3 Å². The van der Waals surface area contributed by atoms with Crippen LogP contribution in [0.4, 0.5) is 0 Å². The Hall–Kier alpha value is -2.20. The smallest absolute Gasteiger partial charge is 0.272 e. The molecule has 4 rings (SSSR count). The highest BCUT2D eigenvalue weighted by Gasteiger charge is 2.34. The molecule has 3 N–H and O–H groups in total. The minimum absolute atomic E-state index is 0.0267. The number of benzene rings is 3. The number of rotatable bonds is 10. The van der Waals surface area contributed by atoms with Crippen LogP contribution < -0.4 is 5.32 Å². The molecule has 0 radical (unpaired) electrons. The number of amides is 1. The number of hydrogen-bond acceptors (Lipinski definition) is 6.